The fraction of sp³-hybridized carbons (Fsp3) is 0.564. The number of carbonyl (C=O) groups excluding carboxylic acids is 2. The number of carboxylic acid groups (broad SMARTS) is 1. The number of aliphatic carboxylic acids is 1. The summed E-state index contributed by atoms with van der Waals surface area (Å²) in [5.74, 6) is -1.98. The molecule has 0 aliphatic rings. The predicted molar refractivity (Wildman–Crippen MR) is 203 cm³/mol. The standard InChI is InChI=1S/C39H55N7O8/c1-29-13-14-41-34(24-29)9-4-5-12-38(48)42-28-36(47)26-33(27-39(49)50)32-8-6-10-35(25-32)46-31(3)37(30(2)44-46)11-7-16-51-18-20-53-22-23-54-21-19-52-17-15-43-45-40/h6,8,10,13-14,24-25,33H,4-5,7,9,11-12,15-23,26-28H2,1-3H3,(H,42,48)(H,49,50)/t33-/m0/s1. The average Bonchev–Trinajstić information content (AvgIpc) is 3.44. The maximum absolute atomic E-state index is 12.9. The molecule has 2 N–H and O–H groups in total. The number of aryl methyl sites for hydroxylation is 3. The molecule has 2 aromatic heterocycles. The van der Waals surface area contributed by atoms with Gasteiger partial charge in [-0.3, -0.25) is 19.4 Å². The van der Waals surface area contributed by atoms with Gasteiger partial charge in [-0.2, -0.15) is 5.10 Å². The van der Waals surface area contributed by atoms with Gasteiger partial charge >= 0.3 is 5.97 Å². The first-order valence-electron chi connectivity index (χ1n) is 18.6. The lowest BCUT2D eigenvalue weighted by Crippen LogP contribution is -2.30. The average molecular weight is 750 g/mol. The van der Waals surface area contributed by atoms with Crippen molar-refractivity contribution in [3.8, 4) is 5.69 Å². The third kappa shape index (κ3) is 17.0. The maximum Gasteiger partial charge on any atom is 0.303 e. The van der Waals surface area contributed by atoms with Crippen LogP contribution in [0.5, 0.6) is 0 Å². The molecule has 0 aliphatic heterocycles. The van der Waals surface area contributed by atoms with Gasteiger partial charge in [0.2, 0.25) is 5.91 Å². The first-order chi connectivity index (χ1) is 26.2. The van der Waals surface area contributed by atoms with E-state index < -0.39 is 11.9 Å². The number of pyridine rings is 1. The maximum atomic E-state index is 12.9. The van der Waals surface area contributed by atoms with Crippen LogP contribution in [0.15, 0.2) is 47.7 Å². The summed E-state index contributed by atoms with van der Waals surface area (Å²) in [7, 11) is 0. The number of aromatic nitrogens is 3. The topological polar surface area (TPSA) is 200 Å². The van der Waals surface area contributed by atoms with Crippen molar-refractivity contribution in [3.05, 3.63) is 86.8 Å². The molecule has 0 saturated heterocycles. The second kappa shape index (κ2) is 25.4. The van der Waals surface area contributed by atoms with Gasteiger partial charge in [0.1, 0.15) is 0 Å². The minimum absolute atomic E-state index is 0.00603. The molecule has 0 aliphatic carbocycles. The lowest BCUT2D eigenvalue weighted by atomic mass is 9.90. The van der Waals surface area contributed by atoms with E-state index >= 15 is 0 Å². The highest BCUT2D eigenvalue weighted by atomic mass is 16.6. The van der Waals surface area contributed by atoms with Crippen LogP contribution in [0.4, 0.5) is 0 Å². The number of unbranched alkanes of at least 4 members (excludes halogenated alkanes) is 1. The van der Waals surface area contributed by atoms with E-state index in [0.29, 0.717) is 72.2 Å². The summed E-state index contributed by atoms with van der Waals surface area (Å²) in [5, 5.41) is 20.5. The number of Topliss-reactive ketones (excluding diaryl/α,β-unsaturated/α-hetero) is 1. The van der Waals surface area contributed by atoms with Gasteiger partial charge in [0.15, 0.2) is 5.78 Å². The van der Waals surface area contributed by atoms with Crippen LogP contribution < -0.4 is 5.32 Å². The predicted octanol–water partition coefficient (Wildman–Crippen LogP) is 5.55. The molecule has 0 fully saturated rings. The molecule has 3 aromatic rings. The summed E-state index contributed by atoms with van der Waals surface area (Å²) in [5.41, 5.74) is 14.9. The van der Waals surface area contributed by atoms with Gasteiger partial charge in [0, 0.05) is 54.4 Å². The van der Waals surface area contributed by atoms with Crippen LogP contribution >= 0.6 is 0 Å². The second-order valence-electron chi connectivity index (χ2n) is 13.0. The van der Waals surface area contributed by atoms with Gasteiger partial charge in [0.25, 0.3) is 0 Å². The van der Waals surface area contributed by atoms with Gasteiger partial charge in [-0.25, -0.2) is 4.68 Å². The number of nitrogens with one attached hydrogen (secondary N) is 1. The van der Waals surface area contributed by atoms with E-state index in [4.69, 9.17) is 29.6 Å². The molecule has 0 spiro atoms. The summed E-state index contributed by atoms with van der Waals surface area (Å²) in [6.45, 7) is 9.85. The smallest absolute Gasteiger partial charge is 0.303 e. The second-order valence-corrected chi connectivity index (χ2v) is 13.0. The first-order valence-corrected chi connectivity index (χ1v) is 18.6. The Balaban J connectivity index is 1.40. The van der Waals surface area contributed by atoms with E-state index in [1.165, 1.54) is 0 Å². The molecule has 54 heavy (non-hydrogen) atoms. The van der Waals surface area contributed by atoms with Gasteiger partial charge in [-0.1, -0.05) is 17.2 Å². The Morgan fingerprint density at radius 3 is 2.28 bits per heavy atom. The van der Waals surface area contributed by atoms with Gasteiger partial charge in [0.05, 0.1) is 70.6 Å². The number of amides is 1. The SMILES string of the molecule is Cc1ccnc(CCCCC(=O)NCC(=O)C[C@@H](CC(=O)O)c2cccc(-n3nc(C)c(CCCOCCOCCOCCOCCN=[N+]=[N-])c3C)c2)c1. The molecule has 2 heterocycles. The van der Waals surface area contributed by atoms with Crippen molar-refractivity contribution in [2.24, 2.45) is 5.11 Å². The third-order valence-corrected chi connectivity index (χ3v) is 8.69. The normalized spacial score (nSPS) is 11.6. The lowest BCUT2D eigenvalue weighted by Gasteiger charge is -2.17. The van der Waals surface area contributed by atoms with Crippen LogP contribution in [0.25, 0.3) is 16.1 Å². The quantitative estimate of drug-likeness (QED) is 0.0393. The number of benzene rings is 1. The number of ether oxygens (including phenoxy) is 4. The molecule has 3 rings (SSSR count). The number of nitrogens with zero attached hydrogens (tertiary/aromatic N) is 6. The van der Waals surface area contributed by atoms with Crippen molar-refractivity contribution in [3.63, 3.8) is 0 Å². The Bertz CT molecular complexity index is 1660. The molecular weight excluding hydrogens is 694 g/mol. The zero-order valence-electron chi connectivity index (χ0n) is 31.8. The number of carboxylic acids is 1. The molecule has 0 saturated carbocycles. The number of azide groups is 1. The van der Waals surface area contributed by atoms with E-state index in [0.717, 1.165) is 65.1 Å². The molecule has 15 heteroatoms. The Hall–Kier alpha value is -4.66. The van der Waals surface area contributed by atoms with E-state index in [9.17, 15) is 19.5 Å². The lowest BCUT2D eigenvalue weighted by molar-refractivity contribution is -0.137. The molecule has 1 atom stereocenters. The monoisotopic (exact) mass is 749 g/mol. The van der Waals surface area contributed by atoms with Gasteiger partial charge in [-0.05, 0) is 99.4 Å². The van der Waals surface area contributed by atoms with Crippen LogP contribution in [-0.2, 0) is 46.2 Å². The Labute approximate surface area is 317 Å². The number of ketones is 1. The minimum Gasteiger partial charge on any atom is -0.481 e. The highest BCUT2D eigenvalue weighted by Gasteiger charge is 2.21. The molecule has 15 nitrogen and oxygen atoms in total. The molecule has 0 bridgehead atoms. The van der Waals surface area contributed by atoms with E-state index in [2.05, 4.69) is 20.3 Å². The summed E-state index contributed by atoms with van der Waals surface area (Å²) >= 11 is 0. The Morgan fingerprint density at radius 2 is 1.59 bits per heavy atom. The zero-order valence-corrected chi connectivity index (χ0v) is 31.8. The van der Waals surface area contributed by atoms with E-state index in [1.54, 1.807) is 6.20 Å². The van der Waals surface area contributed by atoms with Gasteiger partial charge < -0.3 is 29.4 Å². The number of carbonyl (C=O) groups is 3. The summed E-state index contributed by atoms with van der Waals surface area (Å²) in [6.07, 6.45) is 5.75. The molecule has 1 amide bonds. The number of rotatable bonds is 29. The van der Waals surface area contributed by atoms with Crippen LogP contribution in [0.2, 0.25) is 0 Å². The molecular formula is C39H55N7O8. The Morgan fingerprint density at radius 1 is 0.889 bits per heavy atom. The van der Waals surface area contributed by atoms with E-state index in [-0.39, 0.29) is 31.1 Å². The van der Waals surface area contributed by atoms with Crippen LogP contribution in [0, 0.1) is 20.8 Å². The van der Waals surface area contributed by atoms with Crippen molar-refractivity contribution < 1.29 is 38.4 Å². The summed E-state index contributed by atoms with van der Waals surface area (Å²) < 4.78 is 23.8. The highest BCUT2D eigenvalue weighted by Crippen LogP contribution is 2.27. The number of hydrogen-bond acceptors (Lipinski definition) is 10. The van der Waals surface area contributed by atoms with Crippen molar-refractivity contribution in [2.75, 3.05) is 65.9 Å². The molecule has 0 unspecified atom stereocenters. The van der Waals surface area contributed by atoms with Crippen molar-refractivity contribution in [1.82, 2.24) is 20.1 Å². The molecule has 1 aromatic carbocycles. The largest absolute Gasteiger partial charge is 0.481 e. The summed E-state index contributed by atoms with van der Waals surface area (Å²) in [4.78, 5) is 44.2. The summed E-state index contributed by atoms with van der Waals surface area (Å²) in [6, 6.07) is 11.5. The molecule has 294 valence electrons. The highest BCUT2D eigenvalue weighted by molar-refractivity contribution is 5.87. The van der Waals surface area contributed by atoms with Crippen LogP contribution in [-0.4, -0.2) is 103 Å². The first kappa shape index (κ1) is 43.7. The molecule has 0 radical (unpaired) electrons. The minimum atomic E-state index is -1.00. The van der Waals surface area contributed by atoms with Crippen molar-refractivity contribution in [2.45, 2.75) is 78.1 Å². The van der Waals surface area contributed by atoms with Crippen molar-refractivity contribution in [1.29, 1.82) is 0 Å². The Kier molecular flexibility index (Phi) is 20.6. The van der Waals surface area contributed by atoms with E-state index in [1.807, 2.05) is 61.9 Å². The number of hydrogen-bond donors (Lipinski definition) is 2. The zero-order chi connectivity index (χ0) is 39.0. The third-order valence-electron chi connectivity index (χ3n) is 8.69. The van der Waals surface area contributed by atoms with Gasteiger partial charge in [-0.15, -0.1) is 0 Å². The fourth-order valence-electron chi connectivity index (χ4n) is 5.94. The van der Waals surface area contributed by atoms with Crippen LogP contribution in [0.1, 0.15) is 78.2 Å². The van der Waals surface area contributed by atoms with Crippen molar-refractivity contribution >= 4 is 17.7 Å². The van der Waals surface area contributed by atoms with Crippen LogP contribution in [0.3, 0.4) is 0 Å². The fourth-order valence-corrected chi connectivity index (χ4v) is 5.94.